The van der Waals surface area contributed by atoms with Crippen molar-refractivity contribution in [3.05, 3.63) is 76.3 Å². The summed E-state index contributed by atoms with van der Waals surface area (Å²) < 4.78 is 19.8. The van der Waals surface area contributed by atoms with Crippen LogP contribution >= 0.6 is 11.6 Å². The standard InChI is InChI=1S/C20H18ClFN4O3/c1-12-4-3-5-16(10-12)29-11-17(27)23-24-20(28)18-13(2)25-26(19(18)21)15-8-6-14(22)7-9-15/h3-10H,11H2,1-2H3,(H,23,27)(H,24,28). The molecule has 2 aromatic carbocycles. The molecule has 1 aromatic heterocycles. The van der Waals surface area contributed by atoms with Crippen molar-refractivity contribution < 1.29 is 18.7 Å². The van der Waals surface area contributed by atoms with Crippen LogP contribution in [0.1, 0.15) is 21.6 Å². The number of nitrogens with zero attached hydrogens (tertiary/aromatic N) is 2. The van der Waals surface area contributed by atoms with E-state index in [2.05, 4.69) is 16.0 Å². The number of aryl methyl sites for hydroxylation is 2. The molecule has 3 rings (SSSR count). The fraction of sp³-hybridized carbons (Fsp3) is 0.150. The van der Waals surface area contributed by atoms with Gasteiger partial charge in [-0.3, -0.25) is 20.4 Å². The van der Waals surface area contributed by atoms with E-state index in [1.165, 1.54) is 28.9 Å². The summed E-state index contributed by atoms with van der Waals surface area (Å²) in [6, 6.07) is 12.7. The Morgan fingerprint density at radius 3 is 2.55 bits per heavy atom. The van der Waals surface area contributed by atoms with Gasteiger partial charge in [-0.05, 0) is 55.8 Å². The summed E-state index contributed by atoms with van der Waals surface area (Å²) in [6.45, 7) is 3.24. The number of hydrogen-bond donors (Lipinski definition) is 2. The van der Waals surface area contributed by atoms with Gasteiger partial charge in [0.1, 0.15) is 22.3 Å². The van der Waals surface area contributed by atoms with E-state index < -0.39 is 17.6 Å². The molecule has 0 spiro atoms. The van der Waals surface area contributed by atoms with Gasteiger partial charge in [-0.2, -0.15) is 5.10 Å². The van der Waals surface area contributed by atoms with E-state index in [0.717, 1.165) is 5.56 Å². The number of hydrazine groups is 1. The van der Waals surface area contributed by atoms with Gasteiger partial charge in [-0.15, -0.1) is 0 Å². The molecule has 3 aromatic rings. The van der Waals surface area contributed by atoms with Crippen molar-refractivity contribution in [1.29, 1.82) is 0 Å². The summed E-state index contributed by atoms with van der Waals surface area (Å²) >= 11 is 6.28. The molecule has 2 N–H and O–H groups in total. The van der Waals surface area contributed by atoms with Gasteiger partial charge in [0.25, 0.3) is 11.8 Å². The van der Waals surface area contributed by atoms with Gasteiger partial charge in [0.2, 0.25) is 0 Å². The Hall–Kier alpha value is -3.39. The van der Waals surface area contributed by atoms with Crippen molar-refractivity contribution in [2.45, 2.75) is 13.8 Å². The highest BCUT2D eigenvalue weighted by Gasteiger charge is 2.21. The molecule has 2 amide bonds. The maximum Gasteiger partial charge on any atom is 0.276 e. The number of carbonyl (C=O) groups is 2. The molecule has 0 fully saturated rings. The second-order valence-electron chi connectivity index (χ2n) is 6.25. The minimum absolute atomic E-state index is 0.0388. The topological polar surface area (TPSA) is 85.2 Å². The van der Waals surface area contributed by atoms with E-state index >= 15 is 0 Å². The van der Waals surface area contributed by atoms with Crippen LogP contribution in [0.15, 0.2) is 48.5 Å². The number of ether oxygens (including phenoxy) is 1. The number of aromatic nitrogens is 2. The third-order valence-electron chi connectivity index (χ3n) is 3.98. The third kappa shape index (κ3) is 4.91. The summed E-state index contributed by atoms with van der Waals surface area (Å²) in [6.07, 6.45) is 0. The van der Waals surface area contributed by atoms with Crippen molar-refractivity contribution in [2.24, 2.45) is 0 Å². The van der Waals surface area contributed by atoms with Crippen LogP contribution in [0.4, 0.5) is 4.39 Å². The number of carbonyl (C=O) groups excluding carboxylic acids is 2. The van der Waals surface area contributed by atoms with Gasteiger partial charge in [0.15, 0.2) is 6.61 Å². The normalized spacial score (nSPS) is 10.5. The molecule has 0 aliphatic carbocycles. The van der Waals surface area contributed by atoms with Gasteiger partial charge < -0.3 is 4.74 Å². The van der Waals surface area contributed by atoms with E-state index in [4.69, 9.17) is 16.3 Å². The molecular weight excluding hydrogens is 399 g/mol. The maximum atomic E-state index is 13.1. The number of amides is 2. The molecule has 0 atom stereocenters. The van der Waals surface area contributed by atoms with Crippen LogP contribution in [0.3, 0.4) is 0 Å². The van der Waals surface area contributed by atoms with E-state index in [-0.39, 0.29) is 17.3 Å². The Morgan fingerprint density at radius 1 is 1.14 bits per heavy atom. The molecule has 0 aliphatic heterocycles. The first-order chi connectivity index (χ1) is 13.8. The predicted octanol–water partition coefficient (Wildman–Crippen LogP) is 3.12. The summed E-state index contributed by atoms with van der Waals surface area (Å²) in [5.74, 6) is -1.03. The monoisotopic (exact) mass is 416 g/mol. The van der Waals surface area contributed by atoms with E-state index in [1.54, 1.807) is 19.1 Å². The molecule has 29 heavy (non-hydrogen) atoms. The number of benzene rings is 2. The smallest absolute Gasteiger partial charge is 0.276 e. The van der Waals surface area contributed by atoms with Gasteiger partial charge in [0, 0.05) is 0 Å². The van der Waals surface area contributed by atoms with Gasteiger partial charge in [-0.25, -0.2) is 9.07 Å². The summed E-state index contributed by atoms with van der Waals surface area (Å²) in [4.78, 5) is 24.4. The van der Waals surface area contributed by atoms with Crippen LogP contribution < -0.4 is 15.6 Å². The van der Waals surface area contributed by atoms with Crippen LogP contribution in [-0.4, -0.2) is 28.2 Å². The lowest BCUT2D eigenvalue weighted by Gasteiger charge is -2.09. The SMILES string of the molecule is Cc1cccc(OCC(=O)NNC(=O)c2c(C)nn(-c3ccc(F)cc3)c2Cl)c1. The van der Waals surface area contributed by atoms with Crippen LogP contribution in [-0.2, 0) is 4.79 Å². The summed E-state index contributed by atoms with van der Waals surface area (Å²) in [7, 11) is 0. The molecule has 1 heterocycles. The Kier molecular flexibility index (Phi) is 6.13. The minimum Gasteiger partial charge on any atom is -0.484 e. The fourth-order valence-electron chi connectivity index (χ4n) is 2.59. The van der Waals surface area contributed by atoms with Crippen molar-refractivity contribution in [3.8, 4) is 11.4 Å². The minimum atomic E-state index is -0.634. The zero-order valence-electron chi connectivity index (χ0n) is 15.7. The Balaban J connectivity index is 1.62. The van der Waals surface area contributed by atoms with Crippen LogP contribution in [0.5, 0.6) is 5.75 Å². The fourth-order valence-corrected chi connectivity index (χ4v) is 2.95. The van der Waals surface area contributed by atoms with Crippen molar-refractivity contribution in [1.82, 2.24) is 20.6 Å². The zero-order chi connectivity index (χ0) is 21.0. The molecule has 0 unspecified atom stereocenters. The lowest BCUT2D eigenvalue weighted by atomic mass is 10.2. The first kappa shape index (κ1) is 20.3. The first-order valence-electron chi connectivity index (χ1n) is 8.65. The quantitative estimate of drug-likeness (QED) is 0.626. The molecule has 0 bridgehead atoms. The highest BCUT2D eigenvalue weighted by atomic mass is 35.5. The lowest BCUT2D eigenvalue weighted by molar-refractivity contribution is -0.123. The van der Waals surface area contributed by atoms with Crippen LogP contribution in [0.2, 0.25) is 5.15 Å². The van der Waals surface area contributed by atoms with Gasteiger partial charge in [0.05, 0.1) is 11.4 Å². The molecule has 0 aliphatic rings. The molecule has 150 valence electrons. The van der Waals surface area contributed by atoms with Crippen molar-refractivity contribution in [2.75, 3.05) is 6.61 Å². The largest absolute Gasteiger partial charge is 0.484 e. The number of halogens is 2. The molecule has 0 radical (unpaired) electrons. The van der Waals surface area contributed by atoms with Crippen molar-refractivity contribution >= 4 is 23.4 Å². The van der Waals surface area contributed by atoms with E-state index in [1.807, 2.05) is 19.1 Å². The molecular formula is C20H18ClFN4O3. The molecule has 7 nitrogen and oxygen atoms in total. The zero-order valence-corrected chi connectivity index (χ0v) is 16.5. The highest BCUT2D eigenvalue weighted by molar-refractivity contribution is 6.33. The third-order valence-corrected chi connectivity index (χ3v) is 4.33. The second-order valence-corrected chi connectivity index (χ2v) is 6.60. The Labute approximate surface area is 171 Å². The Morgan fingerprint density at radius 2 is 1.86 bits per heavy atom. The number of hydrogen-bond acceptors (Lipinski definition) is 4. The predicted molar refractivity (Wildman–Crippen MR) is 106 cm³/mol. The molecule has 9 heteroatoms. The highest BCUT2D eigenvalue weighted by Crippen LogP contribution is 2.23. The van der Waals surface area contributed by atoms with E-state index in [0.29, 0.717) is 17.1 Å². The average Bonchev–Trinajstić information content (AvgIpc) is 2.99. The maximum absolute atomic E-state index is 13.1. The lowest BCUT2D eigenvalue weighted by Crippen LogP contribution is -2.44. The summed E-state index contributed by atoms with van der Waals surface area (Å²) in [5.41, 5.74) is 6.49. The van der Waals surface area contributed by atoms with Crippen molar-refractivity contribution in [3.63, 3.8) is 0 Å². The Bertz CT molecular complexity index is 1050. The van der Waals surface area contributed by atoms with Crippen LogP contribution in [0, 0.1) is 19.7 Å². The second kappa shape index (κ2) is 8.74. The first-order valence-corrected chi connectivity index (χ1v) is 9.02. The molecule has 0 saturated carbocycles. The van der Waals surface area contributed by atoms with E-state index in [9.17, 15) is 14.0 Å². The van der Waals surface area contributed by atoms with Gasteiger partial charge in [-0.1, -0.05) is 23.7 Å². The van der Waals surface area contributed by atoms with Gasteiger partial charge >= 0.3 is 0 Å². The average molecular weight is 417 g/mol. The summed E-state index contributed by atoms with van der Waals surface area (Å²) in [5, 5.41) is 4.25. The van der Waals surface area contributed by atoms with Crippen LogP contribution in [0.25, 0.3) is 5.69 Å². The number of nitrogens with one attached hydrogen (secondary N) is 2. The number of rotatable bonds is 5. The molecule has 0 saturated heterocycles.